The molecule has 224 valence electrons. The Morgan fingerprint density at radius 3 is 1.61 bits per heavy atom. The second-order valence-corrected chi connectivity index (χ2v) is 11.4. The van der Waals surface area contributed by atoms with Gasteiger partial charge < -0.3 is 19.8 Å². The van der Waals surface area contributed by atoms with Crippen LogP contribution in [0.15, 0.2) is 114 Å². The summed E-state index contributed by atoms with van der Waals surface area (Å²) in [7, 11) is 0. The van der Waals surface area contributed by atoms with Crippen LogP contribution in [0.1, 0.15) is 22.8 Å². The van der Waals surface area contributed by atoms with Gasteiger partial charge in [-0.2, -0.15) is 0 Å². The van der Waals surface area contributed by atoms with E-state index in [-0.39, 0.29) is 22.2 Å². The van der Waals surface area contributed by atoms with E-state index in [1.165, 1.54) is 0 Å². The van der Waals surface area contributed by atoms with Crippen molar-refractivity contribution in [1.82, 2.24) is 19.9 Å². The summed E-state index contributed by atoms with van der Waals surface area (Å²) in [4.78, 5) is 20.3. The molecular formula is C38H23BrN4NiO2. The smallest absolute Gasteiger partial charge is 0.656 e. The molecule has 8 rings (SSSR count). The zero-order chi connectivity index (χ0) is 30.3. The summed E-state index contributed by atoms with van der Waals surface area (Å²) in [5, 5.41) is 9.88. The molecule has 0 amide bonds. The number of halogens is 1. The third-order valence-electron chi connectivity index (χ3n) is 7.68. The molecule has 46 heavy (non-hydrogen) atoms. The number of aromatic nitrogens is 4. The first-order valence-electron chi connectivity index (χ1n) is 14.4. The molecule has 0 unspecified atom stereocenters. The molecule has 6 nitrogen and oxygen atoms in total. The average Bonchev–Trinajstić information content (AvgIpc) is 3.90. The van der Waals surface area contributed by atoms with Crippen molar-refractivity contribution in [2.45, 2.75) is 0 Å². The third-order valence-corrected chi connectivity index (χ3v) is 8.49. The van der Waals surface area contributed by atoms with Crippen LogP contribution in [0.4, 0.5) is 0 Å². The van der Waals surface area contributed by atoms with E-state index in [1.807, 2.05) is 85.0 Å². The first-order chi connectivity index (χ1) is 22.1. The SMILES string of the molecule is Oc1ccc(Oc2c3nc(c(-c4ccccc4)c4ccc([n-]4)c(Br)c4nc(c(-c5ccccc5)c5ccc2[n-]5)C=C4)C=C3)cc1.[Ni+2]. The third kappa shape index (κ3) is 5.47. The summed E-state index contributed by atoms with van der Waals surface area (Å²) in [6.45, 7) is 0. The molecule has 6 aromatic rings. The van der Waals surface area contributed by atoms with Gasteiger partial charge in [-0.05, 0) is 86.8 Å². The molecule has 0 fully saturated rings. The topological polar surface area (TPSA) is 83.4 Å². The van der Waals surface area contributed by atoms with Gasteiger partial charge in [0, 0.05) is 4.47 Å². The molecular weight excluding hydrogens is 683 g/mol. The van der Waals surface area contributed by atoms with Gasteiger partial charge in [-0.1, -0.05) is 90.4 Å². The Bertz CT molecular complexity index is 2270. The fraction of sp³-hybridized carbons (Fsp3) is 0. The molecule has 0 aliphatic carbocycles. The van der Waals surface area contributed by atoms with E-state index in [0.717, 1.165) is 60.4 Å². The van der Waals surface area contributed by atoms with Crippen molar-refractivity contribution in [3.05, 3.63) is 136 Å². The van der Waals surface area contributed by atoms with Crippen molar-refractivity contribution in [2.24, 2.45) is 0 Å². The van der Waals surface area contributed by atoms with Crippen molar-refractivity contribution in [3.8, 4) is 39.5 Å². The van der Waals surface area contributed by atoms with Crippen LogP contribution in [0.25, 0.3) is 68.6 Å². The summed E-state index contributed by atoms with van der Waals surface area (Å²) in [5.74, 6) is 1.20. The first kappa shape index (κ1) is 29.5. The average molecular weight is 706 g/mol. The molecule has 2 aliphatic heterocycles. The largest absolute Gasteiger partial charge is 2.00 e. The van der Waals surface area contributed by atoms with Crippen LogP contribution < -0.4 is 14.7 Å². The fourth-order valence-electron chi connectivity index (χ4n) is 5.57. The van der Waals surface area contributed by atoms with Crippen molar-refractivity contribution < 1.29 is 26.3 Å². The van der Waals surface area contributed by atoms with Crippen LogP contribution in [0.5, 0.6) is 17.2 Å². The van der Waals surface area contributed by atoms with Gasteiger partial charge in [-0.25, -0.2) is 9.97 Å². The van der Waals surface area contributed by atoms with Crippen LogP contribution in [0.2, 0.25) is 0 Å². The van der Waals surface area contributed by atoms with E-state index in [0.29, 0.717) is 22.7 Å². The van der Waals surface area contributed by atoms with Crippen LogP contribution in [0.3, 0.4) is 0 Å². The maximum absolute atomic E-state index is 9.88. The Kier molecular flexibility index (Phi) is 7.91. The zero-order valence-electron chi connectivity index (χ0n) is 24.0. The maximum Gasteiger partial charge on any atom is 2.00 e. The van der Waals surface area contributed by atoms with Crippen molar-refractivity contribution in [3.63, 3.8) is 0 Å². The van der Waals surface area contributed by atoms with Gasteiger partial charge in [0.15, 0.2) is 0 Å². The van der Waals surface area contributed by atoms with E-state index in [1.54, 1.807) is 24.3 Å². The van der Waals surface area contributed by atoms with Crippen LogP contribution >= 0.6 is 15.9 Å². The van der Waals surface area contributed by atoms with E-state index >= 15 is 0 Å². The predicted molar refractivity (Wildman–Crippen MR) is 184 cm³/mol. The molecule has 0 radical (unpaired) electrons. The van der Waals surface area contributed by atoms with Crippen LogP contribution in [0, 0.1) is 0 Å². The number of phenolic OH excluding ortho intramolecular Hbond substituents is 1. The minimum Gasteiger partial charge on any atom is -0.656 e. The van der Waals surface area contributed by atoms with Gasteiger partial charge in [0.05, 0.1) is 17.1 Å². The Balaban J connectivity index is 0.00000338. The van der Waals surface area contributed by atoms with Crippen LogP contribution in [-0.4, -0.2) is 15.1 Å². The monoisotopic (exact) mass is 704 g/mol. The quantitative estimate of drug-likeness (QED) is 0.184. The molecule has 3 aromatic heterocycles. The minimum atomic E-state index is 0. The number of hydrogen-bond donors (Lipinski definition) is 1. The molecule has 0 spiro atoms. The number of aromatic hydroxyl groups is 1. The number of fused-ring (bicyclic) bond motifs is 8. The zero-order valence-corrected chi connectivity index (χ0v) is 26.6. The summed E-state index contributed by atoms with van der Waals surface area (Å²) in [5.41, 5.74) is 9.69. The van der Waals surface area contributed by atoms with Crippen LogP contribution in [-0.2, 0) is 16.5 Å². The van der Waals surface area contributed by atoms with Gasteiger partial charge in [-0.3, -0.25) is 0 Å². The number of hydrogen-bond acceptors (Lipinski definition) is 4. The number of phenols is 1. The summed E-state index contributed by atoms with van der Waals surface area (Å²) in [6.07, 6.45) is 7.94. The molecule has 5 heterocycles. The van der Waals surface area contributed by atoms with Gasteiger partial charge in [0.2, 0.25) is 0 Å². The van der Waals surface area contributed by atoms with Gasteiger partial charge in [0.25, 0.3) is 0 Å². The first-order valence-corrected chi connectivity index (χ1v) is 15.2. The summed E-state index contributed by atoms with van der Waals surface area (Å²) in [6, 6.07) is 34.8. The molecule has 0 atom stereocenters. The number of benzene rings is 3. The second kappa shape index (κ2) is 12.3. The van der Waals surface area contributed by atoms with Gasteiger partial charge in [0.1, 0.15) is 22.9 Å². The van der Waals surface area contributed by atoms with E-state index in [9.17, 15) is 5.11 Å². The van der Waals surface area contributed by atoms with Crippen molar-refractivity contribution in [2.75, 3.05) is 0 Å². The summed E-state index contributed by atoms with van der Waals surface area (Å²) >= 11 is 3.80. The van der Waals surface area contributed by atoms with Crippen molar-refractivity contribution in [1.29, 1.82) is 0 Å². The number of ether oxygens (including phenoxy) is 1. The Morgan fingerprint density at radius 2 is 1.00 bits per heavy atom. The van der Waals surface area contributed by atoms with E-state index in [2.05, 4.69) is 40.2 Å². The number of rotatable bonds is 4. The van der Waals surface area contributed by atoms with E-state index in [4.69, 9.17) is 24.7 Å². The molecule has 8 heteroatoms. The predicted octanol–water partition coefficient (Wildman–Crippen LogP) is 9.51. The van der Waals surface area contributed by atoms with Crippen molar-refractivity contribution >= 4 is 62.3 Å². The number of nitrogens with zero attached hydrogens (tertiary/aromatic N) is 4. The normalized spacial score (nSPS) is 11.8. The molecule has 1 N–H and O–H groups in total. The van der Waals surface area contributed by atoms with Gasteiger partial charge >= 0.3 is 16.5 Å². The standard InChI is InChI=1S/C38H23BrN4O2.Ni/c39-37-31-19-15-27(40-31)35(23-7-3-1-4-8-23)29-17-21-33(42-29)38(45-26-13-11-25(44)12-14-26)34-22-18-30(43-34)36(24-9-5-2-6-10-24)28-16-20-32(37)41-28;/h1-22H,(H-2,40,41,42,43,44);/q-2;+2. The molecule has 0 saturated heterocycles. The second-order valence-electron chi connectivity index (χ2n) is 10.6. The summed E-state index contributed by atoms with van der Waals surface area (Å²) < 4.78 is 7.29. The molecule has 3 aromatic carbocycles. The molecule has 0 saturated carbocycles. The molecule has 8 bridgehead atoms. The molecule has 2 aliphatic rings. The fourth-order valence-corrected chi connectivity index (χ4v) is 6.01. The van der Waals surface area contributed by atoms with E-state index < -0.39 is 0 Å². The maximum atomic E-state index is 9.88. The van der Waals surface area contributed by atoms with Gasteiger partial charge in [-0.15, -0.1) is 16.6 Å². The Morgan fingerprint density at radius 1 is 0.522 bits per heavy atom. The Hall–Kier alpha value is -5.17. The Labute approximate surface area is 283 Å². The minimum absolute atomic E-state index is 0.